The predicted molar refractivity (Wildman–Crippen MR) is 77.3 cm³/mol. The first-order chi connectivity index (χ1) is 9.88. The van der Waals surface area contributed by atoms with Crippen molar-refractivity contribution in [1.82, 2.24) is 4.98 Å². The SMILES string of the molecule is O=[N+]([O-])c1cnc(Nc2cc(Cl)ccc2Cl)c([N+](=O)[O-])c1. The molecule has 0 bridgehead atoms. The second kappa shape index (κ2) is 5.90. The van der Waals surface area contributed by atoms with Crippen molar-refractivity contribution in [2.75, 3.05) is 5.32 Å². The van der Waals surface area contributed by atoms with Gasteiger partial charge >= 0.3 is 5.69 Å². The van der Waals surface area contributed by atoms with Crippen molar-refractivity contribution in [2.24, 2.45) is 0 Å². The third-order valence-electron chi connectivity index (χ3n) is 2.44. The highest BCUT2D eigenvalue weighted by atomic mass is 35.5. The molecule has 2 rings (SSSR count). The van der Waals surface area contributed by atoms with Crippen molar-refractivity contribution in [3.63, 3.8) is 0 Å². The van der Waals surface area contributed by atoms with Crippen LogP contribution < -0.4 is 5.32 Å². The molecule has 0 aliphatic carbocycles. The lowest BCUT2D eigenvalue weighted by Crippen LogP contribution is -2.01. The van der Waals surface area contributed by atoms with Gasteiger partial charge in [-0.15, -0.1) is 0 Å². The molecule has 1 N–H and O–H groups in total. The summed E-state index contributed by atoms with van der Waals surface area (Å²) < 4.78 is 0. The molecule has 0 aliphatic rings. The van der Waals surface area contributed by atoms with Crippen LogP contribution in [0.3, 0.4) is 0 Å². The van der Waals surface area contributed by atoms with Gasteiger partial charge in [0.15, 0.2) is 0 Å². The maximum absolute atomic E-state index is 11.0. The molecule has 21 heavy (non-hydrogen) atoms. The summed E-state index contributed by atoms with van der Waals surface area (Å²) >= 11 is 11.7. The van der Waals surface area contributed by atoms with Crippen LogP contribution in [0.15, 0.2) is 30.5 Å². The van der Waals surface area contributed by atoms with Gasteiger partial charge in [-0.3, -0.25) is 20.2 Å². The Bertz CT molecular complexity index is 738. The Hall–Kier alpha value is -2.45. The summed E-state index contributed by atoms with van der Waals surface area (Å²) in [6.07, 6.45) is 0.911. The molecule has 0 saturated carbocycles. The zero-order chi connectivity index (χ0) is 15.6. The number of hydrogen-bond acceptors (Lipinski definition) is 6. The summed E-state index contributed by atoms with van der Waals surface area (Å²) in [5.74, 6) is -0.172. The Kier molecular flexibility index (Phi) is 4.20. The van der Waals surface area contributed by atoms with Crippen molar-refractivity contribution in [3.8, 4) is 0 Å². The van der Waals surface area contributed by atoms with Crippen LogP contribution in [0.4, 0.5) is 22.9 Å². The van der Waals surface area contributed by atoms with E-state index in [9.17, 15) is 20.2 Å². The van der Waals surface area contributed by atoms with Crippen molar-refractivity contribution < 1.29 is 9.85 Å². The number of benzene rings is 1. The Morgan fingerprint density at radius 2 is 1.81 bits per heavy atom. The molecule has 108 valence electrons. The first kappa shape index (κ1) is 14.9. The van der Waals surface area contributed by atoms with Crippen LogP contribution >= 0.6 is 23.2 Å². The highest BCUT2D eigenvalue weighted by molar-refractivity contribution is 6.35. The van der Waals surface area contributed by atoms with Gasteiger partial charge in [-0.25, -0.2) is 4.98 Å². The molecule has 1 aromatic carbocycles. The van der Waals surface area contributed by atoms with Crippen LogP contribution in [0, 0.1) is 20.2 Å². The molecule has 2 aromatic rings. The minimum atomic E-state index is -0.777. The molecule has 0 aliphatic heterocycles. The monoisotopic (exact) mass is 328 g/mol. The number of hydrogen-bond donors (Lipinski definition) is 1. The molecule has 1 aromatic heterocycles. The zero-order valence-electron chi connectivity index (χ0n) is 10.1. The average molecular weight is 329 g/mol. The summed E-state index contributed by atoms with van der Waals surface area (Å²) in [5.41, 5.74) is -0.724. The molecular weight excluding hydrogens is 323 g/mol. The number of rotatable bonds is 4. The van der Waals surface area contributed by atoms with Crippen LogP contribution in [-0.4, -0.2) is 14.8 Å². The molecule has 10 heteroatoms. The van der Waals surface area contributed by atoms with Crippen LogP contribution in [0.1, 0.15) is 0 Å². The molecule has 0 unspecified atom stereocenters. The van der Waals surface area contributed by atoms with E-state index in [4.69, 9.17) is 23.2 Å². The number of anilines is 2. The maximum Gasteiger partial charge on any atom is 0.318 e. The van der Waals surface area contributed by atoms with Crippen LogP contribution in [-0.2, 0) is 0 Å². The number of pyridine rings is 1. The number of nitrogens with one attached hydrogen (secondary N) is 1. The second-order valence-corrected chi connectivity index (χ2v) is 4.67. The van der Waals surface area contributed by atoms with Crippen LogP contribution in [0.2, 0.25) is 10.0 Å². The minimum Gasteiger partial charge on any atom is -0.333 e. The summed E-state index contributed by atoms with van der Waals surface area (Å²) in [7, 11) is 0. The first-order valence-electron chi connectivity index (χ1n) is 5.39. The highest BCUT2D eigenvalue weighted by Crippen LogP contribution is 2.32. The maximum atomic E-state index is 11.0. The fourth-order valence-corrected chi connectivity index (χ4v) is 1.84. The van der Waals surface area contributed by atoms with Gasteiger partial charge in [-0.05, 0) is 18.2 Å². The van der Waals surface area contributed by atoms with E-state index in [0.717, 1.165) is 12.3 Å². The lowest BCUT2D eigenvalue weighted by atomic mass is 10.3. The van der Waals surface area contributed by atoms with Gasteiger partial charge in [0.2, 0.25) is 5.82 Å². The molecular formula is C11H6Cl2N4O4. The van der Waals surface area contributed by atoms with Crippen LogP contribution in [0.25, 0.3) is 0 Å². The van der Waals surface area contributed by atoms with E-state index >= 15 is 0 Å². The summed E-state index contributed by atoms with van der Waals surface area (Å²) in [6, 6.07) is 5.32. The van der Waals surface area contributed by atoms with E-state index in [2.05, 4.69) is 10.3 Å². The Morgan fingerprint density at radius 1 is 1.10 bits per heavy atom. The van der Waals surface area contributed by atoms with Crippen molar-refractivity contribution in [3.05, 3.63) is 60.7 Å². The van der Waals surface area contributed by atoms with Crippen LogP contribution in [0.5, 0.6) is 0 Å². The highest BCUT2D eigenvalue weighted by Gasteiger charge is 2.21. The fraction of sp³-hybridized carbons (Fsp3) is 0. The number of nitrogens with zero attached hydrogens (tertiary/aromatic N) is 3. The molecule has 0 saturated heterocycles. The van der Waals surface area contributed by atoms with Gasteiger partial charge in [0.25, 0.3) is 5.69 Å². The number of aromatic nitrogens is 1. The summed E-state index contributed by atoms with van der Waals surface area (Å²) in [5, 5.41) is 24.9. The Labute approximate surface area is 127 Å². The van der Waals surface area contributed by atoms with Gasteiger partial charge in [0.05, 0.1) is 26.6 Å². The first-order valence-corrected chi connectivity index (χ1v) is 6.15. The van der Waals surface area contributed by atoms with Crippen molar-refractivity contribution in [1.29, 1.82) is 0 Å². The van der Waals surface area contributed by atoms with Gasteiger partial charge < -0.3 is 5.32 Å². The summed E-state index contributed by atoms with van der Waals surface area (Å²) in [6.45, 7) is 0. The van der Waals surface area contributed by atoms with E-state index in [1.807, 2.05) is 0 Å². The quantitative estimate of drug-likeness (QED) is 0.671. The van der Waals surface area contributed by atoms with Gasteiger partial charge in [-0.2, -0.15) is 0 Å². The molecule has 0 atom stereocenters. The second-order valence-electron chi connectivity index (χ2n) is 3.82. The predicted octanol–water partition coefficient (Wildman–Crippen LogP) is 3.95. The molecule has 8 nitrogen and oxygen atoms in total. The number of nitro groups is 2. The van der Waals surface area contributed by atoms with Gasteiger partial charge in [0.1, 0.15) is 6.20 Å². The normalized spacial score (nSPS) is 10.2. The topological polar surface area (TPSA) is 111 Å². The molecule has 0 fully saturated rings. The molecule has 1 heterocycles. The Balaban J connectivity index is 2.46. The third-order valence-corrected chi connectivity index (χ3v) is 3.01. The van der Waals surface area contributed by atoms with E-state index in [-0.39, 0.29) is 10.8 Å². The number of halogens is 2. The van der Waals surface area contributed by atoms with E-state index in [0.29, 0.717) is 10.7 Å². The zero-order valence-corrected chi connectivity index (χ0v) is 11.6. The van der Waals surface area contributed by atoms with E-state index < -0.39 is 21.2 Å². The lowest BCUT2D eigenvalue weighted by Gasteiger charge is -2.08. The van der Waals surface area contributed by atoms with Crippen molar-refractivity contribution >= 4 is 46.1 Å². The molecule has 0 amide bonds. The van der Waals surface area contributed by atoms with Gasteiger partial charge in [-0.1, -0.05) is 23.2 Å². The summed E-state index contributed by atoms with van der Waals surface area (Å²) in [4.78, 5) is 23.8. The van der Waals surface area contributed by atoms with E-state index in [1.54, 1.807) is 6.07 Å². The largest absolute Gasteiger partial charge is 0.333 e. The molecule has 0 spiro atoms. The average Bonchev–Trinajstić information content (AvgIpc) is 2.42. The fourth-order valence-electron chi connectivity index (χ4n) is 1.50. The minimum absolute atomic E-state index is 0.172. The smallest absolute Gasteiger partial charge is 0.318 e. The van der Waals surface area contributed by atoms with Gasteiger partial charge in [0, 0.05) is 5.02 Å². The lowest BCUT2D eigenvalue weighted by molar-refractivity contribution is -0.394. The molecule has 0 radical (unpaired) electrons. The van der Waals surface area contributed by atoms with Crippen molar-refractivity contribution in [2.45, 2.75) is 0 Å². The third kappa shape index (κ3) is 3.36. The Morgan fingerprint density at radius 3 is 2.43 bits per heavy atom. The van der Waals surface area contributed by atoms with E-state index in [1.165, 1.54) is 12.1 Å². The standard InChI is InChI=1S/C11H6Cl2N4O4/c12-6-1-2-8(13)9(3-6)15-11-10(17(20)21)4-7(5-14-11)16(18)19/h1-5H,(H,14,15).